The van der Waals surface area contributed by atoms with Crippen LogP contribution in [0.4, 0.5) is 0 Å². The molecule has 2 aromatic rings. The Balaban J connectivity index is 2.11. The number of sulfonamides is 1. The van der Waals surface area contributed by atoms with Gasteiger partial charge in [-0.15, -0.1) is 0 Å². The van der Waals surface area contributed by atoms with Crippen molar-refractivity contribution < 1.29 is 18.3 Å². The van der Waals surface area contributed by atoms with Crippen LogP contribution in [-0.2, 0) is 16.4 Å². The summed E-state index contributed by atoms with van der Waals surface area (Å²) < 4.78 is 27.4. The number of carbonyl (C=O) groups is 1. The molecule has 0 spiro atoms. The monoisotopic (exact) mass is 362 g/mol. The van der Waals surface area contributed by atoms with E-state index in [2.05, 4.69) is 4.98 Å². The first-order valence-corrected chi connectivity index (χ1v) is 10.0. The second-order valence-corrected chi connectivity index (χ2v) is 8.26. The molecule has 0 amide bonds. The molecular weight excluding hydrogens is 340 g/mol. The first-order chi connectivity index (χ1) is 11.9. The first kappa shape index (κ1) is 17.8. The van der Waals surface area contributed by atoms with Gasteiger partial charge in [-0.1, -0.05) is 19.8 Å². The maximum atomic E-state index is 12.9. The Morgan fingerprint density at radius 2 is 1.84 bits per heavy atom. The molecule has 1 aliphatic heterocycles. The Kier molecular flexibility index (Phi) is 5.06. The normalized spacial score (nSPS) is 16.7. The van der Waals surface area contributed by atoms with Crippen molar-refractivity contribution in [3.8, 4) is 0 Å². The van der Waals surface area contributed by atoms with E-state index in [4.69, 9.17) is 0 Å². The molecule has 7 heteroatoms. The molecule has 1 aliphatic rings. The van der Waals surface area contributed by atoms with Crippen molar-refractivity contribution in [3.05, 3.63) is 35.5 Å². The van der Waals surface area contributed by atoms with E-state index in [0.717, 1.165) is 25.7 Å². The fraction of sp³-hybridized carbons (Fsp3) is 0.444. The van der Waals surface area contributed by atoms with E-state index >= 15 is 0 Å². The molecule has 25 heavy (non-hydrogen) atoms. The van der Waals surface area contributed by atoms with Crippen molar-refractivity contribution in [2.24, 2.45) is 0 Å². The SMILES string of the molecule is CCc1cc(C(=O)O)c2cc(S(=O)(=O)N3CCCCCC3)ccc2n1. The summed E-state index contributed by atoms with van der Waals surface area (Å²) >= 11 is 0. The number of hydrogen-bond acceptors (Lipinski definition) is 4. The van der Waals surface area contributed by atoms with Crippen LogP contribution in [0, 0.1) is 0 Å². The molecule has 1 aromatic heterocycles. The predicted octanol–water partition coefficient (Wildman–Crippen LogP) is 3.06. The number of fused-ring (bicyclic) bond motifs is 1. The molecule has 2 heterocycles. The van der Waals surface area contributed by atoms with E-state index in [9.17, 15) is 18.3 Å². The third kappa shape index (κ3) is 3.52. The maximum Gasteiger partial charge on any atom is 0.336 e. The second-order valence-electron chi connectivity index (χ2n) is 6.32. The summed E-state index contributed by atoms with van der Waals surface area (Å²) in [5, 5.41) is 9.86. The summed E-state index contributed by atoms with van der Waals surface area (Å²) in [7, 11) is -3.62. The minimum Gasteiger partial charge on any atom is -0.478 e. The van der Waals surface area contributed by atoms with Gasteiger partial charge in [0, 0.05) is 24.2 Å². The number of pyridine rings is 1. The van der Waals surface area contributed by atoms with Gasteiger partial charge in [0.05, 0.1) is 16.0 Å². The van der Waals surface area contributed by atoms with Crippen molar-refractivity contribution >= 4 is 26.9 Å². The second kappa shape index (κ2) is 7.09. The highest BCUT2D eigenvalue weighted by molar-refractivity contribution is 7.89. The van der Waals surface area contributed by atoms with Gasteiger partial charge in [-0.2, -0.15) is 4.31 Å². The lowest BCUT2D eigenvalue weighted by Gasteiger charge is -2.20. The zero-order chi connectivity index (χ0) is 18.0. The lowest BCUT2D eigenvalue weighted by atomic mass is 10.1. The molecule has 3 rings (SSSR count). The van der Waals surface area contributed by atoms with Gasteiger partial charge in [-0.05, 0) is 43.5 Å². The molecule has 1 N–H and O–H groups in total. The molecule has 1 fully saturated rings. The summed E-state index contributed by atoms with van der Waals surface area (Å²) in [6.07, 6.45) is 4.40. The number of aromatic nitrogens is 1. The van der Waals surface area contributed by atoms with Crippen molar-refractivity contribution in [1.82, 2.24) is 9.29 Å². The van der Waals surface area contributed by atoms with E-state index in [1.165, 1.54) is 22.5 Å². The zero-order valence-electron chi connectivity index (χ0n) is 14.2. The van der Waals surface area contributed by atoms with E-state index < -0.39 is 16.0 Å². The molecule has 0 unspecified atom stereocenters. The summed E-state index contributed by atoms with van der Waals surface area (Å²) in [6, 6.07) is 6.10. The standard InChI is InChI=1S/C18H22N2O4S/c1-2-13-11-16(18(21)22)15-12-14(7-8-17(15)19-13)25(23,24)20-9-5-3-4-6-10-20/h7-8,11-12H,2-6,9-10H2,1H3,(H,21,22). The van der Waals surface area contributed by atoms with Gasteiger partial charge in [0.15, 0.2) is 0 Å². The Morgan fingerprint density at radius 3 is 2.44 bits per heavy atom. The Bertz CT molecular complexity index is 901. The van der Waals surface area contributed by atoms with Crippen LogP contribution in [0.15, 0.2) is 29.2 Å². The lowest BCUT2D eigenvalue weighted by molar-refractivity contribution is 0.0698. The van der Waals surface area contributed by atoms with Crippen LogP contribution < -0.4 is 0 Å². The van der Waals surface area contributed by atoms with E-state index in [1.807, 2.05) is 6.92 Å². The summed E-state index contributed by atoms with van der Waals surface area (Å²) in [5.74, 6) is -1.08. The van der Waals surface area contributed by atoms with Gasteiger partial charge < -0.3 is 5.11 Å². The van der Waals surface area contributed by atoms with Crippen molar-refractivity contribution in [2.45, 2.75) is 43.9 Å². The van der Waals surface area contributed by atoms with Crippen molar-refractivity contribution in [3.63, 3.8) is 0 Å². The van der Waals surface area contributed by atoms with Crippen molar-refractivity contribution in [1.29, 1.82) is 0 Å². The van der Waals surface area contributed by atoms with Gasteiger partial charge in [0.1, 0.15) is 0 Å². The molecule has 6 nitrogen and oxygen atoms in total. The fourth-order valence-corrected chi connectivity index (χ4v) is 4.75. The van der Waals surface area contributed by atoms with Gasteiger partial charge >= 0.3 is 5.97 Å². The highest BCUT2D eigenvalue weighted by Crippen LogP contribution is 2.26. The molecule has 1 saturated heterocycles. The average molecular weight is 362 g/mol. The minimum atomic E-state index is -3.62. The molecule has 0 aliphatic carbocycles. The van der Waals surface area contributed by atoms with Gasteiger partial charge in [0.2, 0.25) is 10.0 Å². The van der Waals surface area contributed by atoms with E-state index in [-0.39, 0.29) is 10.5 Å². The first-order valence-electron chi connectivity index (χ1n) is 8.60. The molecule has 0 bridgehead atoms. The van der Waals surface area contributed by atoms with Crippen molar-refractivity contribution in [2.75, 3.05) is 13.1 Å². The van der Waals surface area contributed by atoms with Crippen LogP contribution >= 0.6 is 0 Å². The van der Waals surface area contributed by atoms with E-state index in [0.29, 0.717) is 36.1 Å². The third-order valence-corrected chi connectivity index (χ3v) is 6.52. The van der Waals surface area contributed by atoms with Crippen LogP contribution in [0.2, 0.25) is 0 Å². The van der Waals surface area contributed by atoms with Crippen LogP contribution in [0.5, 0.6) is 0 Å². The van der Waals surface area contributed by atoms with Crippen LogP contribution in [-0.4, -0.2) is 41.9 Å². The Labute approximate surface area is 147 Å². The maximum absolute atomic E-state index is 12.9. The Hall–Kier alpha value is -1.99. The molecular formula is C18H22N2O4S. The van der Waals surface area contributed by atoms with Crippen LogP contribution in [0.1, 0.15) is 48.7 Å². The molecule has 134 valence electrons. The molecule has 1 aromatic carbocycles. The number of hydrogen-bond donors (Lipinski definition) is 1. The number of benzene rings is 1. The summed E-state index contributed by atoms with van der Waals surface area (Å²) in [6.45, 7) is 2.93. The predicted molar refractivity (Wildman–Crippen MR) is 95.3 cm³/mol. The number of carboxylic acid groups (broad SMARTS) is 1. The van der Waals surface area contributed by atoms with Gasteiger partial charge in [0.25, 0.3) is 0 Å². The molecule has 0 saturated carbocycles. The highest BCUT2D eigenvalue weighted by Gasteiger charge is 2.26. The molecule has 0 atom stereocenters. The smallest absolute Gasteiger partial charge is 0.336 e. The molecule has 0 radical (unpaired) electrons. The lowest BCUT2D eigenvalue weighted by Crippen LogP contribution is -2.31. The quantitative estimate of drug-likeness (QED) is 0.903. The van der Waals surface area contributed by atoms with E-state index in [1.54, 1.807) is 6.07 Å². The summed E-state index contributed by atoms with van der Waals surface area (Å²) in [5.41, 5.74) is 1.27. The largest absolute Gasteiger partial charge is 0.478 e. The highest BCUT2D eigenvalue weighted by atomic mass is 32.2. The number of aromatic carboxylic acids is 1. The zero-order valence-corrected chi connectivity index (χ0v) is 15.1. The minimum absolute atomic E-state index is 0.0924. The van der Waals surface area contributed by atoms with Gasteiger partial charge in [-0.25, -0.2) is 13.2 Å². The third-order valence-electron chi connectivity index (χ3n) is 4.63. The fourth-order valence-electron chi connectivity index (χ4n) is 3.21. The number of aryl methyl sites for hydroxylation is 1. The number of nitrogens with zero attached hydrogens (tertiary/aromatic N) is 2. The Morgan fingerprint density at radius 1 is 1.16 bits per heavy atom. The van der Waals surface area contributed by atoms with Crippen LogP contribution in [0.25, 0.3) is 10.9 Å². The van der Waals surface area contributed by atoms with Crippen LogP contribution in [0.3, 0.4) is 0 Å². The van der Waals surface area contributed by atoms with Gasteiger partial charge in [-0.3, -0.25) is 4.98 Å². The topological polar surface area (TPSA) is 87.6 Å². The average Bonchev–Trinajstić information content (AvgIpc) is 2.90. The number of rotatable bonds is 4. The summed E-state index contributed by atoms with van der Waals surface area (Å²) in [4.78, 5) is 16.2. The number of carboxylic acids is 1.